The minimum atomic E-state index is -0.159. The van der Waals surface area contributed by atoms with E-state index in [4.69, 9.17) is 5.11 Å². The first kappa shape index (κ1) is 12.8. The summed E-state index contributed by atoms with van der Waals surface area (Å²) in [5, 5.41) is 11.7. The van der Waals surface area contributed by atoms with E-state index >= 15 is 0 Å². The number of hydrogen-bond acceptors (Lipinski definition) is 2. The summed E-state index contributed by atoms with van der Waals surface area (Å²) in [6.45, 7) is -0.000140. The van der Waals surface area contributed by atoms with Crippen molar-refractivity contribution in [2.45, 2.75) is 6.61 Å². The Morgan fingerprint density at radius 3 is 2.50 bits per heavy atom. The molecule has 0 saturated carbocycles. The van der Waals surface area contributed by atoms with Crippen LogP contribution in [-0.4, -0.2) is 11.0 Å². The molecule has 0 aliphatic heterocycles. The topological polar surface area (TPSA) is 49.3 Å². The van der Waals surface area contributed by atoms with Gasteiger partial charge in [-0.2, -0.15) is 0 Å². The van der Waals surface area contributed by atoms with Gasteiger partial charge in [0.25, 0.3) is 5.91 Å². The second kappa shape index (κ2) is 5.80. The summed E-state index contributed by atoms with van der Waals surface area (Å²) in [5.74, 6) is -0.159. The van der Waals surface area contributed by atoms with Crippen LogP contribution in [0.5, 0.6) is 0 Å². The predicted molar refractivity (Wildman–Crippen MR) is 74.5 cm³/mol. The maximum atomic E-state index is 11.9. The fourth-order valence-electron chi connectivity index (χ4n) is 1.53. The first-order chi connectivity index (χ1) is 8.69. The molecule has 0 fully saturated rings. The molecule has 92 valence electrons. The number of hydrogen-bond donors (Lipinski definition) is 2. The molecule has 18 heavy (non-hydrogen) atoms. The third-order valence-corrected chi connectivity index (χ3v) is 2.97. The molecule has 0 spiro atoms. The quantitative estimate of drug-likeness (QED) is 0.915. The van der Waals surface area contributed by atoms with E-state index in [-0.39, 0.29) is 12.5 Å². The minimum absolute atomic E-state index is 0.000140. The first-order valence-corrected chi connectivity index (χ1v) is 6.25. The van der Waals surface area contributed by atoms with Crippen LogP contribution in [0, 0.1) is 0 Å². The fraction of sp³-hybridized carbons (Fsp3) is 0.0714. The molecule has 4 heteroatoms. The number of aliphatic hydroxyl groups excluding tert-OH is 1. The van der Waals surface area contributed by atoms with Crippen molar-refractivity contribution in [3.05, 3.63) is 64.1 Å². The lowest BCUT2D eigenvalue weighted by molar-refractivity contribution is 0.102. The molecule has 2 N–H and O–H groups in total. The molecule has 3 nitrogen and oxygen atoms in total. The Morgan fingerprint density at radius 1 is 1.17 bits per heavy atom. The average Bonchev–Trinajstić information content (AvgIpc) is 2.39. The summed E-state index contributed by atoms with van der Waals surface area (Å²) >= 11 is 3.33. The maximum Gasteiger partial charge on any atom is 0.255 e. The number of carbonyl (C=O) groups excluding carboxylic acids is 1. The molecule has 1 amide bonds. The number of rotatable bonds is 3. The largest absolute Gasteiger partial charge is 0.392 e. The van der Waals surface area contributed by atoms with Crippen molar-refractivity contribution in [1.29, 1.82) is 0 Å². The summed E-state index contributed by atoms with van der Waals surface area (Å²) in [5.41, 5.74) is 2.11. The SMILES string of the molecule is O=C(Nc1ccc(CO)cc1)c1cccc(Br)c1. The van der Waals surface area contributed by atoms with E-state index in [0.717, 1.165) is 10.0 Å². The lowest BCUT2D eigenvalue weighted by Gasteiger charge is -2.06. The van der Waals surface area contributed by atoms with E-state index in [1.807, 2.05) is 12.1 Å². The number of halogens is 1. The van der Waals surface area contributed by atoms with E-state index in [1.165, 1.54) is 0 Å². The summed E-state index contributed by atoms with van der Waals surface area (Å²) < 4.78 is 0.866. The van der Waals surface area contributed by atoms with Crippen molar-refractivity contribution in [3.8, 4) is 0 Å². The van der Waals surface area contributed by atoms with E-state index < -0.39 is 0 Å². The molecule has 0 bridgehead atoms. The Hall–Kier alpha value is -1.65. The van der Waals surface area contributed by atoms with Crippen LogP contribution in [0.4, 0.5) is 5.69 Å². The number of benzene rings is 2. The van der Waals surface area contributed by atoms with Gasteiger partial charge in [-0.1, -0.05) is 34.1 Å². The Labute approximate surface area is 114 Å². The highest BCUT2D eigenvalue weighted by molar-refractivity contribution is 9.10. The van der Waals surface area contributed by atoms with Crippen molar-refractivity contribution in [2.75, 3.05) is 5.32 Å². The third kappa shape index (κ3) is 3.18. The zero-order chi connectivity index (χ0) is 13.0. The molecule has 0 heterocycles. The van der Waals surface area contributed by atoms with E-state index in [9.17, 15) is 4.79 Å². The monoisotopic (exact) mass is 305 g/mol. The Balaban J connectivity index is 2.11. The van der Waals surface area contributed by atoms with Gasteiger partial charge in [-0.15, -0.1) is 0 Å². The maximum absolute atomic E-state index is 11.9. The van der Waals surface area contributed by atoms with Crippen LogP contribution < -0.4 is 5.32 Å². The van der Waals surface area contributed by atoms with Gasteiger partial charge in [0.1, 0.15) is 0 Å². The summed E-state index contributed by atoms with van der Waals surface area (Å²) in [6.07, 6.45) is 0. The van der Waals surface area contributed by atoms with Gasteiger partial charge < -0.3 is 10.4 Å². The van der Waals surface area contributed by atoms with Crippen LogP contribution in [0.2, 0.25) is 0 Å². The van der Waals surface area contributed by atoms with Gasteiger partial charge in [-0.05, 0) is 35.9 Å². The van der Waals surface area contributed by atoms with Crippen LogP contribution in [-0.2, 0) is 6.61 Å². The third-order valence-electron chi connectivity index (χ3n) is 2.48. The molecule has 2 rings (SSSR count). The fourth-order valence-corrected chi connectivity index (χ4v) is 1.93. The van der Waals surface area contributed by atoms with Gasteiger partial charge in [0.05, 0.1) is 6.61 Å². The summed E-state index contributed by atoms with van der Waals surface area (Å²) in [4.78, 5) is 11.9. The number of anilines is 1. The van der Waals surface area contributed by atoms with Crippen LogP contribution in [0.3, 0.4) is 0 Å². The van der Waals surface area contributed by atoms with Crippen LogP contribution >= 0.6 is 15.9 Å². The Bertz CT molecular complexity index is 552. The van der Waals surface area contributed by atoms with Gasteiger partial charge in [0.2, 0.25) is 0 Å². The molecular weight excluding hydrogens is 294 g/mol. The highest BCUT2D eigenvalue weighted by Gasteiger charge is 2.05. The van der Waals surface area contributed by atoms with Crippen molar-refractivity contribution >= 4 is 27.5 Å². The Morgan fingerprint density at radius 2 is 1.89 bits per heavy atom. The molecule has 0 aromatic heterocycles. The molecule has 0 unspecified atom stereocenters. The highest BCUT2D eigenvalue weighted by Crippen LogP contribution is 2.14. The molecule has 0 saturated heterocycles. The van der Waals surface area contributed by atoms with E-state index in [1.54, 1.807) is 36.4 Å². The molecule has 2 aromatic rings. The van der Waals surface area contributed by atoms with Gasteiger partial charge in [0, 0.05) is 15.7 Å². The minimum Gasteiger partial charge on any atom is -0.392 e. The van der Waals surface area contributed by atoms with E-state index in [2.05, 4.69) is 21.2 Å². The zero-order valence-electron chi connectivity index (χ0n) is 9.56. The molecule has 0 atom stereocenters. The molecule has 0 radical (unpaired) electrons. The highest BCUT2D eigenvalue weighted by atomic mass is 79.9. The summed E-state index contributed by atoms with van der Waals surface area (Å²) in [6, 6.07) is 14.3. The van der Waals surface area contributed by atoms with Gasteiger partial charge in [-0.3, -0.25) is 4.79 Å². The smallest absolute Gasteiger partial charge is 0.255 e. The standard InChI is InChI=1S/C14H12BrNO2/c15-12-3-1-2-11(8-12)14(18)16-13-6-4-10(9-17)5-7-13/h1-8,17H,9H2,(H,16,18). The van der Waals surface area contributed by atoms with Crippen LogP contribution in [0.25, 0.3) is 0 Å². The Kier molecular flexibility index (Phi) is 4.12. The van der Waals surface area contributed by atoms with Crippen molar-refractivity contribution in [2.24, 2.45) is 0 Å². The van der Waals surface area contributed by atoms with Gasteiger partial charge in [-0.25, -0.2) is 0 Å². The van der Waals surface area contributed by atoms with Gasteiger partial charge >= 0.3 is 0 Å². The van der Waals surface area contributed by atoms with Crippen molar-refractivity contribution in [3.63, 3.8) is 0 Å². The average molecular weight is 306 g/mol. The summed E-state index contributed by atoms with van der Waals surface area (Å²) in [7, 11) is 0. The predicted octanol–water partition coefficient (Wildman–Crippen LogP) is 3.19. The normalized spacial score (nSPS) is 10.1. The first-order valence-electron chi connectivity index (χ1n) is 5.46. The number of aliphatic hydroxyl groups is 1. The number of carbonyl (C=O) groups is 1. The molecular formula is C14H12BrNO2. The number of amides is 1. The molecule has 2 aromatic carbocycles. The lowest BCUT2D eigenvalue weighted by atomic mass is 10.2. The van der Waals surface area contributed by atoms with Crippen LogP contribution in [0.1, 0.15) is 15.9 Å². The lowest BCUT2D eigenvalue weighted by Crippen LogP contribution is -2.11. The number of nitrogens with one attached hydrogen (secondary N) is 1. The van der Waals surface area contributed by atoms with E-state index in [0.29, 0.717) is 11.3 Å². The zero-order valence-corrected chi connectivity index (χ0v) is 11.1. The van der Waals surface area contributed by atoms with Crippen LogP contribution in [0.15, 0.2) is 53.0 Å². The molecule has 0 aliphatic carbocycles. The molecule has 0 aliphatic rings. The van der Waals surface area contributed by atoms with Crippen molar-refractivity contribution < 1.29 is 9.90 Å². The second-order valence-corrected chi connectivity index (χ2v) is 4.74. The van der Waals surface area contributed by atoms with Crippen molar-refractivity contribution in [1.82, 2.24) is 0 Å². The van der Waals surface area contributed by atoms with Gasteiger partial charge in [0.15, 0.2) is 0 Å². The second-order valence-electron chi connectivity index (χ2n) is 3.82.